The van der Waals surface area contributed by atoms with Crippen LogP contribution >= 0.6 is 0 Å². The van der Waals surface area contributed by atoms with Gasteiger partial charge in [0.2, 0.25) is 0 Å². The molecule has 0 heterocycles. The summed E-state index contributed by atoms with van der Waals surface area (Å²) in [5, 5.41) is 13.4. The molecule has 0 aromatic heterocycles. The summed E-state index contributed by atoms with van der Waals surface area (Å²) in [6, 6.07) is 0.591. The minimum absolute atomic E-state index is 0.543. The van der Waals surface area contributed by atoms with Crippen molar-refractivity contribution in [1.82, 2.24) is 5.32 Å². The summed E-state index contributed by atoms with van der Waals surface area (Å²) in [7, 11) is 0. The highest BCUT2D eigenvalue weighted by Gasteiger charge is 2.18. The second kappa shape index (κ2) is 8.12. The molecular weight excluding hydrogens is 186 g/mol. The smallest absolute Gasteiger partial charge is 0.0741 e. The van der Waals surface area contributed by atoms with Crippen LogP contribution in [0.2, 0.25) is 0 Å². The Morgan fingerprint density at radius 1 is 1.13 bits per heavy atom. The van der Waals surface area contributed by atoms with Gasteiger partial charge in [0.15, 0.2) is 0 Å². The van der Waals surface area contributed by atoms with Gasteiger partial charge < -0.3 is 10.4 Å². The predicted molar refractivity (Wildman–Crippen MR) is 67.1 cm³/mol. The topological polar surface area (TPSA) is 32.3 Å². The summed E-state index contributed by atoms with van der Waals surface area (Å²) in [5.41, 5.74) is -0.543. The third kappa shape index (κ3) is 7.80. The summed E-state index contributed by atoms with van der Waals surface area (Å²) in [6.07, 6.45) is 7.03. The highest BCUT2D eigenvalue weighted by atomic mass is 16.3. The van der Waals surface area contributed by atoms with Gasteiger partial charge in [-0.1, -0.05) is 40.0 Å². The van der Waals surface area contributed by atoms with Gasteiger partial charge in [0.05, 0.1) is 5.60 Å². The van der Waals surface area contributed by atoms with Crippen LogP contribution in [-0.4, -0.2) is 23.3 Å². The standard InChI is InChI=1S/C13H29NO/c1-5-8-10-12(9-6-2)14-11-13(4,15)7-3/h12,14-15H,5-11H2,1-4H3. The second-order valence-electron chi connectivity index (χ2n) is 4.86. The molecule has 0 fully saturated rings. The summed E-state index contributed by atoms with van der Waals surface area (Å²) < 4.78 is 0. The molecule has 0 spiro atoms. The Labute approximate surface area is 95.5 Å². The Balaban J connectivity index is 3.83. The van der Waals surface area contributed by atoms with Gasteiger partial charge >= 0.3 is 0 Å². The summed E-state index contributed by atoms with van der Waals surface area (Å²) in [6.45, 7) is 9.10. The van der Waals surface area contributed by atoms with E-state index in [1.165, 1.54) is 32.1 Å². The lowest BCUT2D eigenvalue weighted by Gasteiger charge is -2.26. The molecule has 0 amide bonds. The van der Waals surface area contributed by atoms with Crippen molar-refractivity contribution in [3.8, 4) is 0 Å². The largest absolute Gasteiger partial charge is 0.389 e. The molecule has 0 aliphatic rings. The van der Waals surface area contributed by atoms with E-state index in [2.05, 4.69) is 19.2 Å². The third-order valence-electron chi connectivity index (χ3n) is 3.08. The molecule has 2 nitrogen and oxygen atoms in total. The first-order chi connectivity index (χ1) is 7.05. The Morgan fingerprint density at radius 2 is 1.80 bits per heavy atom. The highest BCUT2D eigenvalue weighted by molar-refractivity contribution is 4.77. The number of unbranched alkanes of at least 4 members (excludes halogenated alkanes) is 1. The maximum absolute atomic E-state index is 9.90. The Morgan fingerprint density at radius 3 is 2.27 bits per heavy atom. The monoisotopic (exact) mass is 215 g/mol. The van der Waals surface area contributed by atoms with Crippen molar-refractivity contribution in [2.24, 2.45) is 0 Å². The average molecular weight is 215 g/mol. The van der Waals surface area contributed by atoms with E-state index in [0.29, 0.717) is 6.04 Å². The first kappa shape index (κ1) is 14.9. The fourth-order valence-corrected chi connectivity index (χ4v) is 1.64. The maximum Gasteiger partial charge on any atom is 0.0741 e. The van der Waals surface area contributed by atoms with Crippen LogP contribution in [-0.2, 0) is 0 Å². The van der Waals surface area contributed by atoms with Crippen molar-refractivity contribution in [2.45, 2.75) is 77.9 Å². The van der Waals surface area contributed by atoms with Gasteiger partial charge in [0.25, 0.3) is 0 Å². The fourth-order valence-electron chi connectivity index (χ4n) is 1.64. The minimum atomic E-state index is -0.543. The molecular formula is C13H29NO. The Kier molecular flexibility index (Phi) is 8.07. The Bertz CT molecular complexity index is 145. The zero-order valence-electron chi connectivity index (χ0n) is 11.0. The van der Waals surface area contributed by atoms with Crippen LogP contribution in [0.3, 0.4) is 0 Å². The predicted octanol–water partition coefficient (Wildman–Crippen LogP) is 3.10. The van der Waals surface area contributed by atoms with Crippen molar-refractivity contribution in [2.75, 3.05) is 6.54 Å². The molecule has 0 bridgehead atoms. The molecule has 0 aromatic carbocycles. The molecule has 15 heavy (non-hydrogen) atoms. The molecule has 2 unspecified atom stereocenters. The lowest BCUT2D eigenvalue weighted by atomic mass is 10.0. The van der Waals surface area contributed by atoms with Gasteiger partial charge in [-0.3, -0.25) is 0 Å². The average Bonchev–Trinajstić information content (AvgIpc) is 2.22. The minimum Gasteiger partial charge on any atom is -0.389 e. The number of nitrogens with one attached hydrogen (secondary N) is 1. The van der Waals surface area contributed by atoms with E-state index in [-0.39, 0.29) is 0 Å². The molecule has 0 rings (SSSR count). The lowest BCUT2D eigenvalue weighted by Crippen LogP contribution is -2.42. The van der Waals surface area contributed by atoms with Crippen LogP contribution in [0.15, 0.2) is 0 Å². The van der Waals surface area contributed by atoms with E-state index in [4.69, 9.17) is 0 Å². The van der Waals surface area contributed by atoms with Gasteiger partial charge in [-0.25, -0.2) is 0 Å². The molecule has 0 aliphatic carbocycles. The van der Waals surface area contributed by atoms with E-state index in [0.717, 1.165) is 13.0 Å². The number of hydrogen-bond donors (Lipinski definition) is 2. The van der Waals surface area contributed by atoms with E-state index < -0.39 is 5.60 Å². The van der Waals surface area contributed by atoms with Crippen molar-refractivity contribution < 1.29 is 5.11 Å². The van der Waals surface area contributed by atoms with E-state index >= 15 is 0 Å². The summed E-state index contributed by atoms with van der Waals surface area (Å²) in [4.78, 5) is 0. The zero-order valence-corrected chi connectivity index (χ0v) is 11.0. The summed E-state index contributed by atoms with van der Waals surface area (Å²) in [5.74, 6) is 0. The van der Waals surface area contributed by atoms with Gasteiger partial charge in [-0.05, 0) is 26.2 Å². The van der Waals surface area contributed by atoms with Gasteiger partial charge in [0, 0.05) is 12.6 Å². The van der Waals surface area contributed by atoms with Crippen molar-refractivity contribution in [3.05, 3.63) is 0 Å². The normalized spacial score (nSPS) is 17.4. The molecule has 92 valence electrons. The first-order valence-electron chi connectivity index (χ1n) is 6.51. The molecule has 0 radical (unpaired) electrons. The van der Waals surface area contributed by atoms with Crippen LogP contribution < -0.4 is 5.32 Å². The van der Waals surface area contributed by atoms with Crippen LogP contribution in [0, 0.1) is 0 Å². The third-order valence-corrected chi connectivity index (χ3v) is 3.08. The molecule has 0 saturated heterocycles. The van der Waals surface area contributed by atoms with Gasteiger partial charge in [0.1, 0.15) is 0 Å². The number of hydrogen-bond acceptors (Lipinski definition) is 2. The lowest BCUT2D eigenvalue weighted by molar-refractivity contribution is 0.0520. The molecule has 2 N–H and O–H groups in total. The first-order valence-corrected chi connectivity index (χ1v) is 6.51. The van der Waals surface area contributed by atoms with Crippen molar-refractivity contribution >= 4 is 0 Å². The quantitative estimate of drug-likeness (QED) is 0.619. The van der Waals surface area contributed by atoms with Crippen LogP contribution in [0.1, 0.15) is 66.2 Å². The molecule has 0 aliphatic heterocycles. The molecule has 2 atom stereocenters. The van der Waals surface area contributed by atoms with E-state index in [1.54, 1.807) is 0 Å². The number of rotatable bonds is 9. The van der Waals surface area contributed by atoms with Crippen molar-refractivity contribution in [3.63, 3.8) is 0 Å². The summed E-state index contributed by atoms with van der Waals surface area (Å²) >= 11 is 0. The van der Waals surface area contributed by atoms with Gasteiger partial charge in [-0.15, -0.1) is 0 Å². The molecule has 0 saturated carbocycles. The fraction of sp³-hybridized carbons (Fsp3) is 1.00. The number of aliphatic hydroxyl groups is 1. The SMILES string of the molecule is CCCCC(CCC)NCC(C)(O)CC. The van der Waals surface area contributed by atoms with Crippen molar-refractivity contribution in [1.29, 1.82) is 0 Å². The zero-order chi connectivity index (χ0) is 11.7. The van der Waals surface area contributed by atoms with Crippen LogP contribution in [0.25, 0.3) is 0 Å². The van der Waals surface area contributed by atoms with Gasteiger partial charge in [-0.2, -0.15) is 0 Å². The molecule has 2 heteroatoms. The van der Waals surface area contributed by atoms with E-state index in [9.17, 15) is 5.11 Å². The Hall–Kier alpha value is -0.0800. The van der Waals surface area contributed by atoms with Crippen LogP contribution in [0.5, 0.6) is 0 Å². The molecule has 0 aromatic rings. The highest BCUT2D eigenvalue weighted by Crippen LogP contribution is 2.10. The second-order valence-corrected chi connectivity index (χ2v) is 4.86. The van der Waals surface area contributed by atoms with E-state index in [1.807, 2.05) is 13.8 Å². The van der Waals surface area contributed by atoms with Crippen LogP contribution in [0.4, 0.5) is 0 Å². The maximum atomic E-state index is 9.90.